The van der Waals surface area contributed by atoms with E-state index in [1.807, 2.05) is 0 Å². The van der Waals surface area contributed by atoms with Crippen LogP contribution < -0.4 is 35.3 Å². The second kappa shape index (κ2) is 11.6. The average Bonchev–Trinajstić information content (AvgIpc) is 2.41. The van der Waals surface area contributed by atoms with Gasteiger partial charge in [0.05, 0.1) is 4.90 Å². The number of aryl methyl sites for hydroxylation is 1. The molecule has 21 heavy (non-hydrogen) atoms. The van der Waals surface area contributed by atoms with Gasteiger partial charge in [0.25, 0.3) is 10.1 Å². The van der Waals surface area contributed by atoms with Crippen LogP contribution in [0.15, 0.2) is 29.2 Å². The molecular weight excluding hydrogens is 297 g/mol. The predicted molar refractivity (Wildman–Crippen MR) is 82.4 cm³/mol. The van der Waals surface area contributed by atoms with Crippen molar-refractivity contribution in [3.8, 4) is 0 Å². The molecule has 1 aromatic carbocycles. The van der Waals surface area contributed by atoms with E-state index in [0.717, 1.165) is 31.4 Å². The second-order valence-electron chi connectivity index (χ2n) is 5.13. The molecule has 0 aliphatic heterocycles. The zero-order chi connectivity index (χ0) is 14.8. The SMILES string of the molecule is NCCCCCCCCCc1ccc(S(=O)(=O)O)cc1.[H-].[Na+]. The van der Waals surface area contributed by atoms with Crippen LogP contribution in [-0.2, 0) is 16.5 Å². The first-order valence-corrected chi connectivity index (χ1v) is 8.74. The Morgan fingerprint density at radius 2 is 1.38 bits per heavy atom. The van der Waals surface area contributed by atoms with Gasteiger partial charge in [-0.2, -0.15) is 8.42 Å². The van der Waals surface area contributed by atoms with Crippen molar-refractivity contribution in [2.45, 2.75) is 56.3 Å². The molecular formula is C15H26NNaO3S. The summed E-state index contributed by atoms with van der Waals surface area (Å²) in [6, 6.07) is 6.45. The van der Waals surface area contributed by atoms with Crippen LogP contribution in [0.4, 0.5) is 0 Å². The molecule has 0 saturated carbocycles. The van der Waals surface area contributed by atoms with E-state index in [1.165, 1.54) is 44.2 Å². The van der Waals surface area contributed by atoms with E-state index in [2.05, 4.69) is 0 Å². The largest absolute Gasteiger partial charge is 1.00 e. The molecule has 0 spiro atoms. The van der Waals surface area contributed by atoms with Gasteiger partial charge in [-0.1, -0.05) is 44.2 Å². The zero-order valence-corrected chi connectivity index (χ0v) is 15.7. The number of unbranched alkanes of at least 4 members (excludes halogenated alkanes) is 6. The molecule has 0 bridgehead atoms. The summed E-state index contributed by atoms with van der Waals surface area (Å²) >= 11 is 0. The Labute approximate surface area is 152 Å². The quantitative estimate of drug-likeness (QED) is 0.368. The first-order chi connectivity index (χ1) is 9.54. The van der Waals surface area contributed by atoms with E-state index < -0.39 is 10.1 Å². The maximum atomic E-state index is 10.9. The van der Waals surface area contributed by atoms with Gasteiger partial charge in [0, 0.05) is 0 Å². The van der Waals surface area contributed by atoms with Crippen LogP contribution in [0.2, 0.25) is 0 Å². The van der Waals surface area contributed by atoms with Crippen LogP contribution in [0.1, 0.15) is 51.9 Å². The van der Waals surface area contributed by atoms with Crippen molar-refractivity contribution < 1.29 is 44.0 Å². The normalized spacial score (nSPS) is 11.1. The van der Waals surface area contributed by atoms with Crippen LogP contribution >= 0.6 is 0 Å². The van der Waals surface area contributed by atoms with Crippen LogP contribution in [0.3, 0.4) is 0 Å². The monoisotopic (exact) mass is 323 g/mol. The molecule has 6 heteroatoms. The van der Waals surface area contributed by atoms with Crippen LogP contribution in [-0.4, -0.2) is 19.5 Å². The Bertz CT molecular complexity index is 480. The molecule has 0 saturated heterocycles. The van der Waals surface area contributed by atoms with Gasteiger partial charge >= 0.3 is 29.6 Å². The fourth-order valence-electron chi connectivity index (χ4n) is 2.19. The first-order valence-electron chi connectivity index (χ1n) is 7.30. The van der Waals surface area contributed by atoms with Gasteiger partial charge in [-0.25, -0.2) is 0 Å². The van der Waals surface area contributed by atoms with Crippen molar-refractivity contribution in [3.05, 3.63) is 29.8 Å². The molecule has 1 rings (SSSR count). The second-order valence-corrected chi connectivity index (χ2v) is 6.55. The Balaban J connectivity index is 0. The molecule has 0 atom stereocenters. The molecule has 1 aromatic rings. The van der Waals surface area contributed by atoms with Crippen LogP contribution in [0.25, 0.3) is 0 Å². The maximum Gasteiger partial charge on any atom is 1.00 e. The van der Waals surface area contributed by atoms with Gasteiger partial charge in [0.2, 0.25) is 0 Å². The van der Waals surface area contributed by atoms with E-state index in [4.69, 9.17) is 10.3 Å². The van der Waals surface area contributed by atoms with E-state index in [0.29, 0.717) is 0 Å². The number of hydrogen-bond acceptors (Lipinski definition) is 3. The predicted octanol–water partition coefficient (Wildman–Crippen LogP) is 0.282. The summed E-state index contributed by atoms with van der Waals surface area (Å²) in [4.78, 5) is -0.0406. The molecule has 0 aliphatic rings. The van der Waals surface area contributed by atoms with E-state index >= 15 is 0 Å². The molecule has 0 unspecified atom stereocenters. The number of hydrogen-bond donors (Lipinski definition) is 2. The first kappa shape index (κ1) is 21.1. The molecule has 0 heterocycles. The van der Waals surface area contributed by atoms with Crippen molar-refractivity contribution >= 4 is 10.1 Å². The van der Waals surface area contributed by atoms with Crippen LogP contribution in [0.5, 0.6) is 0 Å². The third-order valence-electron chi connectivity index (χ3n) is 3.39. The van der Waals surface area contributed by atoms with Crippen LogP contribution in [0, 0.1) is 0 Å². The zero-order valence-electron chi connectivity index (χ0n) is 13.9. The van der Waals surface area contributed by atoms with Crippen molar-refractivity contribution in [3.63, 3.8) is 0 Å². The molecule has 116 valence electrons. The Morgan fingerprint density at radius 1 is 0.905 bits per heavy atom. The smallest absolute Gasteiger partial charge is 1.00 e. The summed E-state index contributed by atoms with van der Waals surface area (Å²) in [7, 11) is -4.07. The molecule has 0 aromatic heterocycles. The Hall–Kier alpha value is 0.0900. The minimum atomic E-state index is -4.07. The molecule has 0 amide bonds. The third-order valence-corrected chi connectivity index (χ3v) is 4.26. The fraction of sp³-hybridized carbons (Fsp3) is 0.600. The summed E-state index contributed by atoms with van der Waals surface area (Å²) in [5, 5.41) is 0. The van der Waals surface area contributed by atoms with Gasteiger partial charge in [0.15, 0.2) is 0 Å². The third kappa shape index (κ3) is 9.66. The van der Waals surface area contributed by atoms with Gasteiger partial charge in [-0.3, -0.25) is 4.55 Å². The minimum Gasteiger partial charge on any atom is -1.00 e. The summed E-state index contributed by atoms with van der Waals surface area (Å²) < 4.78 is 30.7. The molecule has 0 aliphatic carbocycles. The minimum absolute atomic E-state index is 0. The van der Waals surface area contributed by atoms with Gasteiger partial charge in [0.1, 0.15) is 0 Å². The van der Waals surface area contributed by atoms with Crippen molar-refractivity contribution in [1.82, 2.24) is 0 Å². The summed E-state index contributed by atoms with van der Waals surface area (Å²) in [5.74, 6) is 0. The van der Waals surface area contributed by atoms with Crippen molar-refractivity contribution in [2.75, 3.05) is 6.54 Å². The summed E-state index contributed by atoms with van der Waals surface area (Å²) in [5.41, 5.74) is 6.55. The molecule has 0 fully saturated rings. The van der Waals surface area contributed by atoms with Gasteiger partial charge in [-0.05, 0) is 43.5 Å². The standard InChI is InChI=1S/C15H25NO3S.Na.H/c16-13-7-5-3-1-2-4-6-8-14-9-11-15(12-10-14)20(17,18)19;;/h9-12H,1-8,13,16H2,(H,17,18,19);;/q;+1;-1. The fourth-order valence-corrected chi connectivity index (χ4v) is 2.67. The Kier molecular flexibility index (Phi) is 11.7. The molecule has 3 N–H and O–H groups in total. The molecule has 4 nitrogen and oxygen atoms in total. The van der Waals surface area contributed by atoms with Crippen molar-refractivity contribution in [2.24, 2.45) is 5.73 Å². The topological polar surface area (TPSA) is 80.4 Å². The summed E-state index contributed by atoms with van der Waals surface area (Å²) in [6.45, 7) is 0.791. The van der Waals surface area contributed by atoms with E-state index in [1.54, 1.807) is 12.1 Å². The maximum absolute atomic E-state index is 10.9. The van der Waals surface area contributed by atoms with Gasteiger partial charge in [-0.15, -0.1) is 0 Å². The number of nitrogens with two attached hydrogens (primary N) is 1. The average molecular weight is 323 g/mol. The molecule has 0 radical (unpaired) electrons. The van der Waals surface area contributed by atoms with Gasteiger partial charge < -0.3 is 7.16 Å². The Morgan fingerprint density at radius 3 is 1.86 bits per heavy atom. The van der Waals surface area contributed by atoms with E-state index in [9.17, 15) is 8.42 Å². The van der Waals surface area contributed by atoms with Crippen molar-refractivity contribution in [1.29, 1.82) is 0 Å². The summed E-state index contributed by atoms with van der Waals surface area (Å²) in [6.07, 6.45) is 9.39. The number of rotatable bonds is 10. The van der Waals surface area contributed by atoms with E-state index in [-0.39, 0.29) is 35.9 Å². The number of benzene rings is 1.